The van der Waals surface area contributed by atoms with Crippen molar-refractivity contribution >= 4 is 34.9 Å². The molecule has 1 unspecified atom stereocenters. The van der Waals surface area contributed by atoms with E-state index in [0.717, 1.165) is 0 Å². The zero-order valence-corrected chi connectivity index (χ0v) is 16.1. The number of hydrogen-bond donors (Lipinski definition) is 2. The number of amides is 3. The van der Waals surface area contributed by atoms with Crippen LogP contribution in [0.1, 0.15) is 40.5 Å². The predicted molar refractivity (Wildman–Crippen MR) is 107 cm³/mol. The number of hydrogen-bond acceptors (Lipinski definition) is 5. The van der Waals surface area contributed by atoms with Crippen LogP contribution in [0.4, 0.5) is 11.4 Å². The predicted octanol–water partition coefficient (Wildman–Crippen LogP) is 2.13. The maximum Gasteiger partial charge on any atom is 0.267 e. The molecule has 3 amide bonds. The first-order valence-electron chi connectivity index (χ1n) is 9.07. The second kappa shape index (κ2) is 8.14. The van der Waals surface area contributed by atoms with Gasteiger partial charge in [0.1, 0.15) is 5.75 Å². The number of carbonyl (C=O) groups excluding carboxylic acids is 4. The Kier molecular flexibility index (Phi) is 5.63. The molecule has 0 saturated heterocycles. The molecule has 0 spiro atoms. The number of Topliss-reactive ketones (excluding diaryl/α,β-unsaturated/α-hetero) is 1. The monoisotopic (exact) mass is 395 g/mol. The first kappa shape index (κ1) is 20.1. The van der Waals surface area contributed by atoms with Crippen LogP contribution in [0.25, 0.3) is 0 Å². The van der Waals surface area contributed by atoms with E-state index in [0.29, 0.717) is 28.3 Å². The van der Waals surface area contributed by atoms with Crippen molar-refractivity contribution in [3.05, 3.63) is 53.6 Å². The Morgan fingerprint density at radius 1 is 1.07 bits per heavy atom. The maximum atomic E-state index is 12.5. The molecule has 150 valence electrons. The van der Waals surface area contributed by atoms with Crippen LogP contribution in [0.3, 0.4) is 0 Å². The number of carbonyl (C=O) groups is 4. The molecule has 3 rings (SSSR count). The number of rotatable bonds is 6. The average Bonchev–Trinajstić information content (AvgIpc) is 2.70. The van der Waals surface area contributed by atoms with Gasteiger partial charge in [-0.3, -0.25) is 19.2 Å². The molecule has 0 bridgehead atoms. The second-order valence-corrected chi connectivity index (χ2v) is 6.75. The summed E-state index contributed by atoms with van der Waals surface area (Å²) in [4.78, 5) is 49.2. The molecule has 2 aromatic carbocycles. The fraction of sp³-hybridized carbons (Fsp3) is 0.238. The summed E-state index contributed by atoms with van der Waals surface area (Å²) in [7, 11) is 1.63. The fourth-order valence-corrected chi connectivity index (χ4v) is 3.00. The molecule has 8 nitrogen and oxygen atoms in total. The van der Waals surface area contributed by atoms with Crippen molar-refractivity contribution < 1.29 is 23.9 Å². The van der Waals surface area contributed by atoms with Gasteiger partial charge in [0.05, 0.1) is 5.69 Å². The van der Waals surface area contributed by atoms with Gasteiger partial charge in [0.2, 0.25) is 11.8 Å². The fourth-order valence-electron chi connectivity index (χ4n) is 3.00. The van der Waals surface area contributed by atoms with E-state index in [2.05, 4.69) is 5.32 Å². The maximum absolute atomic E-state index is 12.5. The number of nitrogens with one attached hydrogen (secondary N) is 1. The van der Waals surface area contributed by atoms with Gasteiger partial charge < -0.3 is 20.7 Å². The molecule has 1 heterocycles. The van der Waals surface area contributed by atoms with Crippen LogP contribution >= 0.6 is 0 Å². The second-order valence-electron chi connectivity index (χ2n) is 6.75. The van der Waals surface area contributed by atoms with E-state index in [1.54, 1.807) is 44.3 Å². The molecular formula is C21H21N3O5. The van der Waals surface area contributed by atoms with Gasteiger partial charge in [-0.25, -0.2) is 0 Å². The number of nitrogens with two attached hydrogens (primary N) is 1. The molecule has 0 radical (unpaired) electrons. The van der Waals surface area contributed by atoms with Crippen LogP contribution in [-0.2, 0) is 9.59 Å². The standard InChI is InChI=1S/C21H21N3O5/c1-12-21(28)24(2)16-11-14(5-9-18(16)29-12)17(25)8-10-19(26)23-15-6-3-13(4-7-15)20(22)27/h3-7,9,11-12H,8,10H2,1-2H3,(H2,22,27)(H,23,26). The number of ketones is 1. The molecule has 0 saturated carbocycles. The highest BCUT2D eigenvalue weighted by atomic mass is 16.5. The van der Waals surface area contributed by atoms with Crippen molar-refractivity contribution in [2.45, 2.75) is 25.9 Å². The molecule has 2 aromatic rings. The van der Waals surface area contributed by atoms with E-state index in [4.69, 9.17) is 10.5 Å². The number of benzene rings is 2. The Morgan fingerprint density at radius 3 is 2.38 bits per heavy atom. The normalized spacial score (nSPS) is 15.3. The van der Waals surface area contributed by atoms with Crippen molar-refractivity contribution in [2.75, 3.05) is 17.3 Å². The number of ether oxygens (including phenoxy) is 1. The van der Waals surface area contributed by atoms with Crippen molar-refractivity contribution in [2.24, 2.45) is 5.73 Å². The Morgan fingerprint density at radius 2 is 1.72 bits per heavy atom. The smallest absolute Gasteiger partial charge is 0.267 e. The lowest BCUT2D eigenvalue weighted by atomic mass is 10.0. The van der Waals surface area contributed by atoms with Gasteiger partial charge in [-0.05, 0) is 49.4 Å². The Bertz CT molecular complexity index is 984. The topological polar surface area (TPSA) is 119 Å². The number of nitrogens with zero attached hydrogens (tertiary/aromatic N) is 1. The molecule has 1 aliphatic rings. The quantitative estimate of drug-likeness (QED) is 0.726. The molecule has 8 heteroatoms. The Hall–Kier alpha value is -3.68. The molecule has 1 atom stereocenters. The SMILES string of the molecule is CC1Oc2ccc(C(=O)CCC(=O)Nc3ccc(C(N)=O)cc3)cc2N(C)C1=O. The van der Waals surface area contributed by atoms with Crippen LogP contribution in [0.5, 0.6) is 5.75 Å². The lowest BCUT2D eigenvalue weighted by molar-refractivity contribution is -0.125. The van der Waals surface area contributed by atoms with Gasteiger partial charge in [-0.2, -0.15) is 0 Å². The van der Waals surface area contributed by atoms with E-state index in [1.165, 1.54) is 17.0 Å². The van der Waals surface area contributed by atoms with Gasteiger partial charge in [0.25, 0.3) is 5.91 Å². The van der Waals surface area contributed by atoms with Crippen molar-refractivity contribution in [3.63, 3.8) is 0 Å². The van der Waals surface area contributed by atoms with Gasteiger partial charge in [0.15, 0.2) is 11.9 Å². The van der Waals surface area contributed by atoms with Crippen LogP contribution < -0.4 is 20.7 Å². The third-order valence-corrected chi connectivity index (χ3v) is 4.66. The number of anilines is 2. The van der Waals surface area contributed by atoms with Gasteiger partial charge in [0, 0.05) is 36.7 Å². The summed E-state index contributed by atoms with van der Waals surface area (Å²) in [6, 6.07) is 11.0. The number of likely N-dealkylation sites (N-methyl/N-ethyl adjacent to an activating group) is 1. The molecule has 3 N–H and O–H groups in total. The van der Waals surface area contributed by atoms with Crippen LogP contribution in [0, 0.1) is 0 Å². The third kappa shape index (κ3) is 4.43. The Labute approximate surface area is 167 Å². The Balaban J connectivity index is 1.60. The summed E-state index contributed by atoms with van der Waals surface area (Å²) in [5, 5.41) is 2.67. The first-order valence-corrected chi connectivity index (χ1v) is 9.07. The molecular weight excluding hydrogens is 374 g/mol. The highest BCUT2D eigenvalue weighted by molar-refractivity contribution is 6.04. The zero-order chi connectivity index (χ0) is 21.1. The molecule has 29 heavy (non-hydrogen) atoms. The van der Waals surface area contributed by atoms with E-state index in [1.807, 2.05) is 0 Å². The minimum atomic E-state index is -0.574. The highest BCUT2D eigenvalue weighted by Gasteiger charge is 2.29. The first-order chi connectivity index (χ1) is 13.8. The summed E-state index contributed by atoms with van der Waals surface area (Å²) < 4.78 is 5.54. The van der Waals surface area contributed by atoms with Gasteiger partial charge in [-0.15, -0.1) is 0 Å². The van der Waals surface area contributed by atoms with Crippen molar-refractivity contribution in [1.29, 1.82) is 0 Å². The molecule has 1 aliphatic heterocycles. The summed E-state index contributed by atoms with van der Waals surface area (Å²) in [5.74, 6) is -0.748. The van der Waals surface area contributed by atoms with Gasteiger partial charge >= 0.3 is 0 Å². The number of fused-ring (bicyclic) bond motifs is 1. The van der Waals surface area contributed by atoms with Crippen LogP contribution in [-0.4, -0.2) is 36.7 Å². The summed E-state index contributed by atoms with van der Waals surface area (Å²) >= 11 is 0. The molecule has 0 fully saturated rings. The minimum Gasteiger partial charge on any atom is -0.479 e. The lowest BCUT2D eigenvalue weighted by Crippen LogP contribution is -2.42. The van der Waals surface area contributed by atoms with Gasteiger partial charge in [-0.1, -0.05) is 0 Å². The minimum absolute atomic E-state index is 0.00417. The van der Waals surface area contributed by atoms with Crippen LogP contribution in [0.15, 0.2) is 42.5 Å². The van der Waals surface area contributed by atoms with E-state index >= 15 is 0 Å². The van der Waals surface area contributed by atoms with E-state index in [9.17, 15) is 19.2 Å². The van der Waals surface area contributed by atoms with Crippen molar-refractivity contribution in [3.8, 4) is 5.75 Å². The van der Waals surface area contributed by atoms with Crippen molar-refractivity contribution in [1.82, 2.24) is 0 Å². The lowest BCUT2D eigenvalue weighted by Gasteiger charge is -2.30. The molecule has 0 aliphatic carbocycles. The van der Waals surface area contributed by atoms with E-state index in [-0.39, 0.29) is 30.4 Å². The summed E-state index contributed by atoms with van der Waals surface area (Å²) in [6.45, 7) is 1.67. The largest absolute Gasteiger partial charge is 0.479 e. The van der Waals surface area contributed by atoms with E-state index < -0.39 is 12.0 Å². The third-order valence-electron chi connectivity index (χ3n) is 4.66. The number of primary amides is 1. The summed E-state index contributed by atoms with van der Waals surface area (Å²) in [5.41, 5.74) is 6.95. The van der Waals surface area contributed by atoms with Crippen LogP contribution in [0.2, 0.25) is 0 Å². The zero-order valence-electron chi connectivity index (χ0n) is 16.1. The molecule has 0 aromatic heterocycles. The summed E-state index contributed by atoms with van der Waals surface area (Å²) in [6.07, 6.45) is -0.566. The average molecular weight is 395 g/mol. The highest BCUT2D eigenvalue weighted by Crippen LogP contribution is 2.34.